The standard InChI is InChI=1S/C14H8ClF2N3OS/c1-7-2-3-8-5-11(21-10(8)4-7)9-6-20-13(18-9)22-12(19-20)14(15,16)17/h2-6H,1H3. The number of aryl methyl sites for hydroxylation is 1. The molecule has 0 unspecified atom stereocenters. The van der Waals surface area contributed by atoms with Gasteiger partial charge >= 0.3 is 5.38 Å². The van der Waals surface area contributed by atoms with E-state index in [-0.39, 0.29) is 0 Å². The van der Waals surface area contributed by atoms with Gasteiger partial charge in [-0.3, -0.25) is 0 Å². The van der Waals surface area contributed by atoms with Gasteiger partial charge in [0.1, 0.15) is 11.3 Å². The molecule has 22 heavy (non-hydrogen) atoms. The summed E-state index contributed by atoms with van der Waals surface area (Å²) >= 11 is 5.71. The predicted octanol–water partition coefficient (Wildman–Crippen LogP) is 4.80. The fourth-order valence-corrected chi connectivity index (χ4v) is 3.10. The van der Waals surface area contributed by atoms with E-state index in [9.17, 15) is 8.78 Å². The lowest BCUT2D eigenvalue weighted by Gasteiger charge is -1.99. The highest BCUT2D eigenvalue weighted by Crippen LogP contribution is 2.36. The first-order valence-electron chi connectivity index (χ1n) is 6.34. The number of benzene rings is 1. The molecule has 0 aliphatic carbocycles. The smallest absolute Gasteiger partial charge is 0.375 e. The van der Waals surface area contributed by atoms with Gasteiger partial charge < -0.3 is 4.42 Å². The molecule has 0 fully saturated rings. The molecule has 112 valence electrons. The molecular formula is C14H8ClF2N3OS. The summed E-state index contributed by atoms with van der Waals surface area (Å²) in [6.07, 6.45) is 1.54. The van der Waals surface area contributed by atoms with E-state index in [0.717, 1.165) is 27.9 Å². The molecule has 0 radical (unpaired) electrons. The fourth-order valence-electron chi connectivity index (χ4n) is 2.20. The molecule has 3 heterocycles. The van der Waals surface area contributed by atoms with Crippen LogP contribution in [-0.4, -0.2) is 14.6 Å². The molecule has 0 aliphatic heterocycles. The number of halogens is 3. The Hall–Kier alpha value is -1.99. The van der Waals surface area contributed by atoms with Gasteiger partial charge in [-0.2, -0.15) is 13.9 Å². The van der Waals surface area contributed by atoms with Gasteiger partial charge in [0.25, 0.3) is 0 Å². The second-order valence-electron chi connectivity index (χ2n) is 4.91. The number of furan rings is 1. The Labute approximate surface area is 131 Å². The van der Waals surface area contributed by atoms with E-state index < -0.39 is 10.4 Å². The average Bonchev–Trinajstić information content (AvgIpc) is 3.07. The summed E-state index contributed by atoms with van der Waals surface area (Å²) in [7, 11) is 0. The lowest BCUT2D eigenvalue weighted by atomic mass is 10.2. The summed E-state index contributed by atoms with van der Waals surface area (Å²) < 4.78 is 33.1. The third kappa shape index (κ3) is 2.17. The quantitative estimate of drug-likeness (QED) is 0.493. The molecule has 0 spiro atoms. The average molecular weight is 340 g/mol. The van der Waals surface area contributed by atoms with Crippen LogP contribution in [-0.2, 0) is 5.38 Å². The van der Waals surface area contributed by atoms with Crippen LogP contribution in [0, 0.1) is 6.92 Å². The van der Waals surface area contributed by atoms with Crippen LogP contribution in [0.1, 0.15) is 10.6 Å². The van der Waals surface area contributed by atoms with Crippen molar-refractivity contribution in [3.63, 3.8) is 0 Å². The summed E-state index contributed by atoms with van der Waals surface area (Å²) in [6, 6.07) is 7.74. The number of imidazole rings is 1. The maximum atomic E-state index is 13.0. The zero-order chi connectivity index (χ0) is 15.5. The van der Waals surface area contributed by atoms with Gasteiger partial charge in [-0.1, -0.05) is 23.5 Å². The molecule has 0 saturated heterocycles. The molecule has 0 amide bonds. The highest BCUT2D eigenvalue weighted by molar-refractivity contribution is 7.17. The first-order valence-corrected chi connectivity index (χ1v) is 7.53. The summed E-state index contributed by atoms with van der Waals surface area (Å²) in [4.78, 5) is 4.60. The minimum absolute atomic E-state index is 0.335. The van der Waals surface area contributed by atoms with Crippen LogP contribution in [0.5, 0.6) is 0 Å². The summed E-state index contributed by atoms with van der Waals surface area (Å²) in [6.45, 7) is 1.98. The first kappa shape index (κ1) is 13.7. The third-order valence-corrected chi connectivity index (χ3v) is 4.50. The van der Waals surface area contributed by atoms with E-state index >= 15 is 0 Å². The van der Waals surface area contributed by atoms with Crippen LogP contribution in [0.2, 0.25) is 0 Å². The number of fused-ring (bicyclic) bond motifs is 2. The van der Waals surface area contributed by atoms with Crippen molar-refractivity contribution in [1.82, 2.24) is 14.6 Å². The van der Waals surface area contributed by atoms with Crippen molar-refractivity contribution in [3.05, 3.63) is 41.0 Å². The minimum Gasteiger partial charge on any atom is -0.454 e. The van der Waals surface area contributed by atoms with Crippen LogP contribution in [0.4, 0.5) is 8.78 Å². The molecular weight excluding hydrogens is 332 g/mol. The molecule has 4 aromatic rings. The van der Waals surface area contributed by atoms with Gasteiger partial charge in [0.2, 0.25) is 9.97 Å². The zero-order valence-electron chi connectivity index (χ0n) is 11.2. The fraction of sp³-hybridized carbons (Fsp3) is 0.143. The molecule has 0 atom stereocenters. The van der Waals surface area contributed by atoms with Crippen molar-refractivity contribution >= 4 is 38.9 Å². The molecule has 0 N–H and O–H groups in total. The van der Waals surface area contributed by atoms with Gasteiger partial charge in [-0.15, -0.1) is 0 Å². The van der Waals surface area contributed by atoms with E-state index in [0.29, 0.717) is 16.4 Å². The predicted molar refractivity (Wildman–Crippen MR) is 80.6 cm³/mol. The highest BCUT2D eigenvalue weighted by Gasteiger charge is 2.33. The molecule has 1 aromatic carbocycles. The van der Waals surface area contributed by atoms with Crippen molar-refractivity contribution in [3.8, 4) is 11.5 Å². The van der Waals surface area contributed by atoms with Crippen molar-refractivity contribution < 1.29 is 13.2 Å². The Morgan fingerprint density at radius 3 is 2.86 bits per heavy atom. The van der Waals surface area contributed by atoms with Crippen LogP contribution >= 0.6 is 22.9 Å². The normalized spacial score (nSPS) is 12.5. The van der Waals surface area contributed by atoms with Crippen molar-refractivity contribution in [2.24, 2.45) is 0 Å². The molecule has 4 rings (SSSR count). The SMILES string of the molecule is Cc1ccc2cc(-c3cn4nc(C(F)(F)Cl)sc4n3)oc2c1. The van der Waals surface area contributed by atoms with E-state index in [1.165, 1.54) is 4.52 Å². The number of hydrogen-bond donors (Lipinski definition) is 0. The first-order chi connectivity index (χ1) is 10.4. The van der Waals surface area contributed by atoms with Gasteiger partial charge in [0.05, 0.1) is 6.20 Å². The molecule has 8 heteroatoms. The molecule has 0 aliphatic rings. The summed E-state index contributed by atoms with van der Waals surface area (Å²) in [5.41, 5.74) is 2.39. The zero-order valence-corrected chi connectivity index (χ0v) is 12.8. The van der Waals surface area contributed by atoms with E-state index in [2.05, 4.69) is 10.1 Å². The highest BCUT2D eigenvalue weighted by atomic mass is 35.5. The summed E-state index contributed by atoms with van der Waals surface area (Å²) in [5, 5.41) is 0.737. The topological polar surface area (TPSA) is 43.3 Å². The van der Waals surface area contributed by atoms with Crippen LogP contribution in [0.3, 0.4) is 0 Å². The Bertz CT molecular complexity index is 967. The summed E-state index contributed by atoms with van der Waals surface area (Å²) in [5.74, 6) is 0.567. The van der Waals surface area contributed by atoms with Gasteiger partial charge in [-0.05, 0) is 36.2 Å². The molecule has 4 nitrogen and oxygen atoms in total. The van der Waals surface area contributed by atoms with Gasteiger partial charge in [0, 0.05) is 5.39 Å². The van der Waals surface area contributed by atoms with Gasteiger partial charge in [0.15, 0.2) is 5.76 Å². The number of hydrogen-bond acceptors (Lipinski definition) is 4. The van der Waals surface area contributed by atoms with Crippen LogP contribution in [0.25, 0.3) is 27.4 Å². The third-order valence-electron chi connectivity index (χ3n) is 3.21. The van der Waals surface area contributed by atoms with Crippen molar-refractivity contribution in [2.75, 3.05) is 0 Å². The second-order valence-corrected chi connectivity index (χ2v) is 6.34. The maximum absolute atomic E-state index is 13.0. The van der Waals surface area contributed by atoms with Crippen LogP contribution in [0.15, 0.2) is 34.9 Å². The molecule has 0 saturated carbocycles. The Morgan fingerprint density at radius 1 is 1.32 bits per heavy atom. The van der Waals surface area contributed by atoms with E-state index in [4.69, 9.17) is 16.0 Å². The van der Waals surface area contributed by atoms with Crippen molar-refractivity contribution in [1.29, 1.82) is 0 Å². The maximum Gasteiger partial charge on any atom is 0.375 e. The molecule has 3 aromatic heterocycles. The largest absolute Gasteiger partial charge is 0.454 e. The van der Waals surface area contributed by atoms with E-state index in [1.807, 2.05) is 31.2 Å². The monoisotopic (exact) mass is 339 g/mol. The van der Waals surface area contributed by atoms with Gasteiger partial charge in [-0.25, -0.2) is 9.50 Å². The molecule has 0 bridgehead atoms. The number of aromatic nitrogens is 3. The lowest BCUT2D eigenvalue weighted by Crippen LogP contribution is -2.02. The second kappa shape index (κ2) is 4.50. The Morgan fingerprint density at radius 2 is 2.14 bits per heavy atom. The van der Waals surface area contributed by atoms with Crippen molar-refractivity contribution in [2.45, 2.75) is 12.3 Å². The Balaban J connectivity index is 1.80. The number of alkyl halides is 3. The Kier molecular flexibility index (Phi) is 2.79. The number of rotatable bonds is 2. The lowest BCUT2D eigenvalue weighted by molar-refractivity contribution is 0.0936. The number of nitrogens with zero attached hydrogens (tertiary/aromatic N) is 3. The van der Waals surface area contributed by atoms with E-state index in [1.54, 1.807) is 6.20 Å². The van der Waals surface area contributed by atoms with Crippen LogP contribution < -0.4 is 0 Å². The minimum atomic E-state index is -3.48.